The predicted molar refractivity (Wildman–Crippen MR) is 136 cm³/mol. The second kappa shape index (κ2) is 11.6. The van der Waals surface area contributed by atoms with Crippen molar-refractivity contribution in [2.45, 2.75) is 17.5 Å². The molecule has 186 valence electrons. The van der Waals surface area contributed by atoms with Gasteiger partial charge in [-0.3, -0.25) is 4.57 Å². The van der Waals surface area contributed by atoms with Crippen molar-refractivity contribution in [1.29, 1.82) is 0 Å². The second-order valence-electron chi connectivity index (χ2n) is 7.40. The van der Waals surface area contributed by atoms with Crippen LogP contribution in [-0.4, -0.2) is 27.9 Å². The number of ether oxygens (including phenoxy) is 1. The Bertz CT molecular complexity index is 1400. The van der Waals surface area contributed by atoms with Crippen LogP contribution in [0, 0.1) is 11.6 Å². The summed E-state index contributed by atoms with van der Waals surface area (Å²) in [5.41, 5.74) is 1.37. The van der Waals surface area contributed by atoms with Gasteiger partial charge in [0.05, 0.1) is 30.1 Å². The molecule has 0 unspecified atom stereocenters. The van der Waals surface area contributed by atoms with Crippen LogP contribution in [0.4, 0.5) is 19.3 Å². The maximum atomic E-state index is 13.9. The third-order valence-electron chi connectivity index (χ3n) is 4.94. The van der Waals surface area contributed by atoms with Gasteiger partial charge in [-0.05, 0) is 48.0 Å². The van der Waals surface area contributed by atoms with Crippen LogP contribution in [0.25, 0.3) is 5.69 Å². The number of hydrogen-bond acceptors (Lipinski definition) is 5. The number of hydrogen-bond donors (Lipinski definition) is 2. The number of carbonyl (C=O) groups is 1. The lowest BCUT2D eigenvalue weighted by atomic mass is 10.2. The molecule has 0 fully saturated rings. The van der Waals surface area contributed by atoms with E-state index in [0.717, 1.165) is 23.4 Å². The predicted octanol–water partition coefficient (Wildman–Crippen LogP) is 6.47. The zero-order valence-electron chi connectivity index (χ0n) is 18.8. The number of aromatic nitrogens is 3. The smallest absolute Gasteiger partial charge is 0.319 e. The summed E-state index contributed by atoms with van der Waals surface area (Å²) < 4.78 is 34.0. The molecule has 1 aromatic heterocycles. The van der Waals surface area contributed by atoms with Gasteiger partial charge in [-0.1, -0.05) is 47.1 Å². The van der Waals surface area contributed by atoms with Gasteiger partial charge in [-0.15, -0.1) is 10.2 Å². The topological polar surface area (TPSA) is 81.1 Å². The highest BCUT2D eigenvalue weighted by atomic mass is 35.5. The molecule has 0 aliphatic heterocycles. The Labute approximate surface area is 219 Å². The van der Waals surface area contributed by atoms with E-state index in [1.165, 1.54) is 11.8 Å². The number of benzene rings is 3. The van der Waals surface area contributed by atoms with Gasteiger partial charge in [-0.25, -0.2) is 13.6 Å². The van der Waals surface area contributed by atoms with E-state index in [4.69, 9.17) is 27.9 Å². The summed E-state index contributed by atoms with van der Waals surface area (Å²) in [5, 5.41) is 14.8. The third-order valence-corrected chi connectivity index (χ3v) is 6.49. The van der Waals surface area contributed by atoms with E-state index in [9.17, 15) is 13.6 Å². The van der Waals surface area contributed by atoms with E-state index in [2.05, 4.69) is 20.8 Å². The first kappa shape index (κ1) is 25.7. The number of halogens is 4. The van der Waals surface area contributed by atoms with Gasteiger partial charge >= 0.3 is 6.03 Å². The van der Waals surface area contributed by atoms with Crippen LogP contribution in [0.15, 0.2) is 65.8 Å². The number of rotatable bonds is 8. The molecule has 0 bridgehead atoms. The van der Waals surface area contributed by atoms with Crippen molar-refractivity contribution in [3.05, 3.63) is 93.7 Å². The lowest BCUT2D eigenvalue weighted by molar-refractivity contribution is 0.251. The normalized spacial score (nSPS) is 10.8. The molecule has 4 rings (SSSR count). The third kappa shape index (κ3) is 6.26. The lowest BCUT2D eigenvalue weighted by Gasteiger charge is -2.13. The Hall–Kier alpha value is -3.34. The minimum absolute atomic E-state index is 0.0653. The van der Waals surface area contributed by atoms with E-state index in [1.54, 1.807) is 29.9 Å². The van der Waals surface area contributed by atoms with Gasteiger partial charge in [0.2, 0.25) is 0 Å². The maximum Gasteiger partial charge on any atom is 0.319 e. The second-order valence-corrected chi connectivity index (χ2v) is 9.19. The monoisotopic (exact) mass is 549 g/mol. The fraction of sp³-hybridized carbons (Fsp3) is 0.125. The summed E-state index contributed by atoms with van der Waals surface area (Å²) in [6.07, 6.45) is 0. The van der Waals surface area contributed by atoms with Crippen LogP contribution in [0.3, 0.4) is 0 Å². The van der Waals surface area contributed by atoms with E-state index >= 15 is 0 Å². The molecule has 0 atom stereocenters. The summed E-state index contributed by atoms with van der Waals surface area (Å²) in [7, 11) is 1.60. The molecule has 0 spiro atoms. The van der Waals surface area contributed by atoms with Gasteiger partial charge in [0.25, 0.3) is 0 Å². The highest BCUT2D eigenvalue weighted by Crippen LogP contribution is 2.31. The summed E-state index contributed by atoms with van der Waals surface area (Å²) >= 11 is 14.1. The molecule has 36 heavy (non-hydrogen) atoms. The Balaban J connectivity index is 1.56. The van der Waals surface area contributed by atoms with Crippen LogP contribution >= 0.6 is 35.0 Å². The Kier molecular flexibility index (Phi) is 8.29. The highest BCUT2D eigenvalue weighted by molar-refractivity contribution is 7.98. The molecule has 7 nitrogen and oxygen atoms in total. The van der Waals surface area contributed by atoms with Crippen LogP contribution < -0.4 is 15.4 Å². The largest absolute Gasteiger partial charge is 0.497 e. The van der Waals surface area contributed by atoms with Gasteiger partial charge < -0.3 is 15.4 Å². The number of urea groups is 1. The molecule has 4 aromatic rings. The SMILES string of the molecule is COc1cccc(CSc2nnc(CNC(=O)Nc3ccc(F)cc3F)n2-c2cc(Cl)ccc2Cl)c1. The van der Waals surface area contributed by atoms with Crippen LogP contribution in [0.1, 0.15) is 11.4 Å². The Morgan fingerprint density at radius 3 is 2.69 bits per heavy atom. The first-order valence-corrected chi connectivity index (χ1v) is 12.2. The molecule has 2 N–H and O–H groups in total. The summed E-state index contributed by atoms with van der Waals surface area (Å²) in [6, 6.07) is 14.7. The van der Waals surface area contributed by atoms with E-state index in [0.29, 0.717) is 38.5 Å². The Morgan fingerprint density at radius 2 is 1.92 bits per heavy atom. The van der Waals surface area contributed by atoms with Crippen LogP contribution in [-0.2, 0) is 12.3 Å². The molecule has 0 aliphatic carbocycles. The summed E-state index contributed by atoms with van der Waals surface area (Å²) in [6.45, 7) is -0.0653. The average molecular weight is 550 g/mol. The van der Waals surface area contributed by atoms with Gasteiger partial charge in [0.1, 0.15) is 17.4 Å². The first-order chi connectivity index (χ1) is 17.3. The average Bonchev–Trinajstić information content (AvgIpc) is 3.27. The number of nitrogens with one attached hydrogen (secondary N) is 2. The van der Waals surface area contributed by atoms with Crippen molar-refractivity contribution < 1.29 is 18.3 Å². The molecule has 0 saturated heterocycles. The fourth-order valence-electron chi connectivity index (χ4n) is 3.23. The summed E-state index contributed by atoms with van der Waals surface area (Å²) in [5.74, 6) is 0.0211. The van der Waals surface area contributed by atoms with Gasteiger partial charge in [0.15, 0.2) is 11.0 Å². The van der Waals surface area contributed by atoms with Crippen molar-refractivity contribution in [2.24, 2.45) is 0 Å². The number of anilines is 1. The zero-order chi connectivity index (χ0) is 25.7. The minimum atomic E-state index is -0.893. The molecular formula is C24H19Cl2F2N5O2S. The van der Waals surface area contributed by atoms with Crippen molar-refractivity contribution in [1.82, 2.24) is 20.1 Å². The van der Waals surface area contributed by atoms with E-state index in [-0.39, 0.29) is 12.2 Å². The van der Waals surface area contributed by atoms with Crippen LogP contribution in [0.5, 0.6) is 5.75 Å². The first-order valence-electron chi connectivity index (χ1n) is 10.5. The van der Waals surface area contributed by atoms with Crippen molar-refractivity contribution >= 4 is 46.7 Å². The summed E-state index contributed by atoms with van der Waals surface area (Å²) in [4.78, 5) is 12.4. The van der Waals surface area contributed by atoms with Gasteiger partial charge in [-0.2, -0.15) is 0 Å². The zero-order valence-corrected chi connectivity index (χ0v) is 21.1. The molecule has 2 amide bonds. The number of nitrogens with zero attached hydrogens (tertiary/aromatic N) is 3. The van der Waals surface area contributed by atoms with Crippen molar-refractivity contribution in [3.63, 3.8) is 0 Å². The number of carbonyl (C=O) groups excluding carboxylic acids is 1. The minimum Gasteiger partial charge on any atom is -0.497 e. The standard InChI is InChI=1S/C24H19Cl2F2N5O2S/c1-35-17-4-2-3-14(9-17)13-36-24-32-31-22(33(24)21-10-15(25)5-7-18(21)26)12-29-23(34)30-20-8-6-16(27)11-19(20)28/h2-11H,12-13H2,1H3,(H2,29,30,34). The Morgan fingerprint density at radius 1 is 1.08 bits per heavy atom. The molecule has 0 saturated carbocycles. The molecular weight excluding hydrogens is 531 g/mol. The quantitative estimate of drug-likeness (QED) is 0.246. The number of amides is 2. The van der Waals surface area contributed by atoms with E-state index in [1.807, 2.05) is 24.3 Å². The fourth-order valence-corrected chi connectivity index (χ4v) is 4.51. The molecule has 1 heterocycles. The van der Waals surface area contributed by atoms with Gasteiger partial charge in [0, 0.05) is 16.8 Å². The van der Waals surface area contributed by atoms with Crippen LogP contribution in [0.2, 0.25) is 10.0 Å². The maximum absolute atomic E-state index is 13.9. The molecule has 0 aliphatic rings. The van der Waals surface area contributed by atoms with Crippen molar-refractivity contribution in [2.75, 3.05) is 12.4 Å². The molecule has 3 aromatic carbocycles. The lowest BCUT2D eigenvalue weighted by Crippen LogP contribution is -2.29. The molecule has 12 heteroatoms. The molecule has 0 radical (unpaired) electrons. The number of methoxy groups -OCH3 is 1. The van der Waals surface area contributed by atoms with E-state index < -0.39 is 17.7 Å². The highest BCUT2D eigenvalue weighted by Gasteiger charge is 2.18. The number of thioether (sulfide) groups is 1. The van der Waals surface area contributed by atoms with Crippen molar-refractivity contribution in [3.8, 4) is 11.4 Å².